The summed E-state index contributed by atoms with van der Waals surface area (Å²) in [6, 6.07) is 2.02. The fourth-order valence-corrected chi connectivity index (χ4v) is 3.38. The second-order valence-electron chi connectivity index (χ2n) is 3.72. The van der Waals surface area contributed by atoms with Crippen LogP contribution in [-0.4, -0.2) is 27.2 Å². The molecular weight excluding hydrogens is 262 g/mol. The highest BCUT2D eigenvalue weighted by Crippen LogP contribution is 2.31. The van der Waals surface area contributed by atoms with Gasteiger partial charge in [0.2, 0.25) is 0 Å². The van der Waals surface area contributed by atoms with Crippen molar-refractivity contribution in [3.63, 3.8) is 0 Å². The Kier molecular flexibility index (Phi) is 3.14. The van der Waals surface area contributed by atoms with Crippen molar-refractivity contribution < 1.29 is 5.11 Å². The van der Waals surface area contributed by atoms with E-state index in [0.29, 0.717) is 6.42 Å². The van der Waals surface area contributed by atoms with E-state index >= 15 is 0 Å². The summed E-state index contributed by atoms with van der Waals surface area (Å²) in [4.78, 5) is 4.09. The van der Waals surface area contributed by atoms with Crippen molar-refractivity contribution in [2.24, 2.45) is 0 Å². The van der Waals surface area contributed by atoms with E-state index in [4.69, 9.17) is 0 Å². The van der Waals surface area contributed by atoms with Gasteiger partial charge in [-0.15, -0.1) is 0 Å². The van der Waals surface area contributed by atoms with Gasteiger partial charge in [0, 0.05) is 29.0 Å². The van der Waals surface area contributed by atoms with Crippen LogP contribution in [-0.2, 0) is 6.42 Å². The molecule has 1 aliphatic heterocycles. The standard InChI is InChI=1S/C10H12BrNOS/c11-9-3-8(5-12-6-9)4-10(13)1-2-14-7-10/h3,5-6,13H,1-2,4,7H2. The van der Waals surface area contributed by atoms with Crippen LogP contribution in [0, 0.1) is 0 Å². The third kappa shape index (κ3) is 2.49. The number of thioether (sulfide) groups is 1. The third-order valence-electron chi connectivity index (χ3n) is 2.38. The van der Waals surface area contributed by atoms with Crippen LogP contribution in [0.1, 0.15) is 12.0 Å². The summed E-state index contributed by atoms with van der Waals surface area (Å²) < 4.78 is 0.976. The van der Waals surface area contributed by atoms with Gasteiger partial charge in [0.15, 0.2) is 0 Å². The highest BCUT2D eigenvalue weighted by molar-refractivity contribution is 9.10. The summed E-state index contributed by atoms with van der Waals surface area (Å²) in [7, 11) is 0. The fraction of sp³-hybridized carbons (Fsp3) is 0.500. The van der Waals surface area contributed by atoms with Crippen molar-refractivity contribution in [3.8, 4) is 0 Å². The maximum Gasteiger partial charge on any atom is 0.0786 e. The van der Waals surface area contributed by atoms with Crippen LogP contribution < -0.4 is 0 Å². The van der Waals surface area contributed by atoms with Crippen LogP contribution in [0.5, 0.6) is 0 Å². The summed E-state index contributed by atoms with van der Waals surface area (Å²) in [5.74, 6) is 1.91. The van der Waals surface area contributed by atoms with Crippen LogP contribution >= 0.6 is 27.7 Å². The lowest BCUT2D eigenvalue weighted by atomic mass is 9.95. The molecule has 0 radical (unpaired) electrons. The Labute approximate surface area is 96.3 Å². The minimum atomic E-state index is -0.507. The van der Waals surface area contributed by atoms with Gasteiger partial charge in [0.1, 0.15) is 0 Å². The molecule has 14 heavy (non-hydrogen) atoms. The van der Waals surface area contributed by atoms with Crippen LogP contribution in [0.3, 0.4) is 0 Å². The van der Waals surface area contributed by atoms with Crippen molar-refractivity contribution in [2.45, 2.75) is 18.4 Å². The first-order valence-corrected chi connectivity index (χ1v) is 6.52. The molecule has 2 nitrogen and oxygen atoms in total. The number of halogens is 1. The Morgan fingerprint density at radius 3 is 3.07 bits per heavy atom. The molecule has 1 saturated heterocycles. The highest BCUT2D eigenvalue weighted by Gasteiger charge is 2.31. The van der Waals surface area contributed by atoms with Gasteiger partial charge in [-0.2, -0.15) is 11.8 Å². The van der Waals surface area contributed by atoms with Crippen LogP contribution in [0.25, 0.3) is 0 Å². The molecule has 2 rings (SSSR count). The lowest BCUT2D eigenvalue weighted by Gasteiger charge is -2.20. The minimum Gasteiger partial charge on any atom is -0.389 e. The van der Waals surface area contributed by atoms with Crippen molar-refractivity contribution in [3.05, 3.63) is 28.5 Å². The van der Waals surface area contributed by atoms with E-state index in [0.717, 1.165) is 28.0 Å². The van der Waals surface area contributed by atoms with E-state index in [1.807, 2.05) is 24.0 Å². The first-order valence-electron chi connectivity index (χ1n) is 4.58. The normalized spacial score (nSPS) is 26.7. The third-order valence-corrected chi connectivity index (χ3v) is 4.05. The van der Waals surface area contributed by atoms with Crippen LogP contribution in [0.4, 0.5) is 0 Å². The Hall–Kier alpha value is -0.0600. The number of pyridine rings is 1. The minimum absolute atomic E-state index is 0.507. The number of hydrogen-bond donors (Lipinski definition) is 1. The monoisotopic (exact) mass is 273 g/mol. The Bertz CT molecular complexity index is 326. The first kappa shape index (κ1) is 10.5. The van der Waals surface area contributed by atoms with E-state index in [2.05, 4.69) is 20.9 Å². The molecule has 1 N–H and O–H groups in total. The molecule has 0 saturated carbocycles. The summed E-state index contributed by atoms with van der Waals surface area (Å²) in [6.07, 6.45) is 5.19. The highest BCUT2D eigenvalue weighted by atomic mass is 79.9. The van der Waals surface area contributed by atoms with Crippen molar-refractivity contribution in [1.82, 2.24) is 4.98 Å². The summed E-state index contributed by atoms with van der Waals surface area (Å²) in [6.45, 7) is 0. The zero-order valence-corrected chi connectivity index (χ0v) is 10.1. The number of aliphatic hydroxyl groups is 1. The largest absolute Gasteiger partial charge is 0.389 e. The molecule has 1 aromatic heterocycles. The maximum atomic E-state index is 10.2. The second kappa shape index (κ2) is 4.21. The predicted molar refractivity (Wildman–Crippen MR) is 62.5 cm³/mol. The molecule has 0 aromatic carbocycles. The van der Waals surface area contributed by atoms with Gasteiger partial charge in [-0.1, -0.05) is 0 Å². The number of hydrogen-bond acceptors (Lipinski definition) is 3. The van der Waals surface area contributed by atoms with Gasteiger partial charge in [-0.05, 0) is 39.7 Å². The van der Waals surface area contributed by atoms with Gasteiger partial charge < -0.3 is 5.11 Å². The Morgan fingerprint density at radius 2 is 2.43 bits per heavy atom. The summed E-state index contributed by atoms with van der Waals surface area (Å²) in [5.41, 5.74) is 0.594. The molecule has 0 bridgehead atoms. The number of nitrogens with zero attached hydrogens (tertiary/aromatic N) is 1. The van der Waals surface area contributed by atoms with E-state index in [1.54, 1.807) is 6.20 Å². The van der Waals surface area contributed by atoms with Gasteiger partial charge >= 0.3 is 0 Å². The SMILES string of the molecule is OC1(Cc2cncc(Br)c2)CCSC1. The van der Waals surface area contributed by atoms with Gasteiger partial charge in [0.05, 0.1) is 5.60 Å². The van der Waals surface area contributed by atoms with Crippen LogP contribution in [0.2, 0.25) is 0 Å². The fourth-order valence-electron chi connectivity index (χ4n) is 1.67. The molecule has 1 fully saturated rings. The van der Waals surface area contributed by atoms with Gasteiger partial charge in [-0.25, -0.2) is 0 Å². The quantitative estimate of drug-likeness (QED) is 0.898. The Balaban J connectivity index is 2.10. The van der Waals surface area contributed by atoms with Crippen molar-refractivity contribution in [1.29, 1.82) is 0 Å². The van der Waals surface area contributed by atoms with Crippen LogP contribution in [0.15, 0.2) is 22.9 Å². The summed E-state index contributed by atoms with van der Waals surface area (Å²) >= 11 is 5.20. The van der Waals surface area contributed by atoms with Crippen molar-refractivity contribution in [2.75, 3.05) is 11.5 Å². The lowest BCUT2D eigenvalue weighted by Crippen LogP contribution is -2.30. The molecule has 1 atom stereocenters. The first-order chi connectivity index (χ1) is 6.68. The van der Waals surface area contributed by atoms with Gasteiger partial charge in [-0.3, -0.25) is 4.98 Å². The molecule has 0 aliphatic carbocycles. The average Bonchev–Trinajstić information content (AvgIpc) is 2.51. The molecule has 0 spiro atoms. The lowest BCUT2D eigenvalue weighted by molar-refractivity contribution is 0.0685. The molecular formula is C10H12BrNOS. The van der Waals surface area contributed by atoms with Crippen molar-refractivity contribution >= 4 is 27.7 Å². The molecule has 0 amide bonds. The van der Waals surface area contributed by atoms with E-state index in [-0.39, 0.29) is 0 Å². The number of aromatic nitrogens is 1. The Morgan fingerprint density at radius 1 is 1.57 bits per heavy atom. The van der Waals surface area contributed by atoms with E-state index in [9.17, 15) is 5.11 Å². The molecule has 4 heteroatoms. The van der Waals surface area contributed by atoms with E-state index < -0.39 is 5.60 Å². The predicted octanol–water partition coefficient (Wildman–Crippen LogP) is 2.25. The smallest absolute Gasteiger partial charge is 0.0786 e. The topological polar surface area (TPSA) is 33.1 Å². The zero-order valence-electron chi connectivity index (χ0n) is 7.74. The molecule has 76 valence electrons. The maximum absolute atomic E-state index is 10.2. The molecule has 1 aliphatic rings. The van der Waals surface area contributed by atoms with Gasteiger partial charge in [0.25, 0.3) is 0 Å². The molecule has 1 aromatic rings. The zero-order chi connectivity index (χ0) is 10.0. The number of rotatable bonds is 2. The van der Waals surface area contributed by atoms with E-state index in [1.165, 1.54) is 0 Å². The molecule has 1 unspecified atom stereocenters. The molecule has 2 heterocycles. The summed E-state index contributed by atoms with van der Waals surface area (Å²) in [5, 5.41) is 10.2. The second-order valence-corrected chi connectivity index (χ2v) is 5.74. The average molecular weight is 274 g/mol.